The first-order valence-corrected chi connectivity index (χ1v) is 9.19. The topological polar surface area (TPSA) is 53.2 Å². The molecule has 2 aromatic rings. The van der Waals surface area contributed by atoms with E-state index in [0.29, 0.717) is 15.4 Å². The van der Waals surface area contributed by atoms with Gasteiger partial charge in [-0.05, 0) is 37.6 Å². The van der Waals surface area contributed by atoms with Crippen molar-refractivity contribution < 1.29 is 13.6 Å². The second-order valence-electron chi connectivity index (χ2n) is 5.97. The number of rotatable bonds is 3. The summed E-state index contributed by atoms with van der Waals surface area (Å²) < 4.78 is 26.9. The number of hydrogen-bond donors (Lipinski definition) is 3. The van der Waals surface area contributed by atoms with Crippen molar-refractivity contribution in [2.75, 3.05) is 25.5 Å². The Morgan fingerprint density at radius 1 is 1.35 bits per heavy atom. The predicted molar refractivity (Wildman–Crippen MR) is 99.6 cm³/mol. The molecule has 7 heteroatoms. The Bertz CT molecular complexity index is 863. The van der Waals surface area contributed by atoms with Gasteiger partial charge in [0.15, 0.2) is 11.6 Å². The standard InChI is InChI=1S/C19H19F2N3OS/c1-22-16-10-14(8-7-12-4-2-6-15(20)17(12)21)26-18(16)19(25)24-13-5-3-9-23-11-13/h2,4,6,10,13,22-23H,3,5,9,11H2,1H3,(H,24,25). The van der Waals surface area contributed by atoms with Gasteiger partial charge < -0.3 is 16.0 Å². The highest BCUT2D eigenvalue weighted by Crippen LogP contribution is 2.27. The van der Waals surface area contributed by atoms with Crippen LogP contribution in [0.1, 0.15) is 33.0 Å². The zero-order valence-electron chi connectivity index (χ0n) is 14.3. The fourth-order valence-corrected chi connectivity index (χ4v) is 3.68. The SMILES string of the molecule is CNc1cc(C#Cc2cccc(F)c2F)sc1C(=O)NC1CCCNC1. The van der Waals surface area contributed by atoms with Crippen molar-refractivity contribution in [3.63, 3.8) is 0 Å². The average molecular weight is 375 g/mol. The van der Waals surface area contributed by atoms with Crippen LogP contribution >= 0.6 is 11.3 Å². The minimum absolute atomic E-state index is 0.0105. The summed E-state index contributed by atoms with van der Waals surface area (Å²) in [7, 11) is 1.73. The Balaban J connectivity index is 1.79. The van der Waals surface area contributed by atoms with Gasteiger partial charge in [-0.1, -0.05) is 17.9 Å². The summed E-state index contributed by atoms with van der Waals surface area (Å²) in [5.74, 6) is 3.39. The van der Waals surface area contributed by atoms with Crippen molar-refractivity contribution in [2.45, 2.75) is 18.9 Å². The number of thiophene rings is 1. The molecule has 0 radical (unpaired) electrons. The maximum Gasteiger partial charge on any atom is 0.263 e. The van der Waals surface area contributed by atoms with Crippen LogP contribution in [0.25, 0.3) is 0 Å². The van der Waals surface area contributed by atoms with Crippen LogP contribution in [0.5, 0.6) is 0 Å². The third kappa shape index (κ3) is 4.21. The molecule has 0 saturated carbocycles. The van der Waals surface area contributed by atoms with Gasteiger partial charge >= 0.3 is 0 Å². The summed E-state index contributed by atoms with van der Waals surface area (Å²) in [6, 6.07) is 5.73. The number of anilines is 1. The average Bonchev–Trinajstić information content (AvgIpc) is 3.07. The largest absolute Gasteiger partial charge is 0.387 e. The quantitative estimate of drug-likeness (QED) is 0.723. The van der Waals surface area contributed by atoms with Crippen LogP contribution in [0.4, 0.5) is 14.5 Å². The normalized spacial score (nSPS) is 16.5. The molecule has 0 spiro atoms. The van der Waals surface area contributed by atoms with Crippen LogP contribution in [0.2, 0.25) is 0 Å². The second-order valence-corrected chi connectivity index (χ2v) is 7.02. The molecule has 1 unspecified atom stereocenters. The van der Waals surface area contributed by atoms with Crippen LogP contribution in [-0.2, 0) is 0 Å². The molecule has 1 atom stereocenters. The Kier molecular flexibility index (Phi) is 5.86. The molecule has 0 aliphatic carbocycles. The molecular weight excluding hydrogens is 356 g/mol. The maximum absolute atomic E-state index is 13.7. The van der Waals surface area contributed by atoms with Gasteiger partial charge in [0.05, 0.1) is 16.1 Å². The lowest BCUT2D eigenvalue weighted by atomic mass is 10.1. The molecule has 1 aliphatic heterocycles. The van der Waals surface area contributed by atoms with Crippen LogP contribution in [0.3, 0.4) is 0 Å². The predicted octanol–water partition coefficient (Wildman–Crippen LogP) is 2.95. The second kappa shape index (κ2) is 8.30. The zero-order chi connectivity index (χ0) is 18.5. The van der Waals surface area contributed by atoms with E-state index in [4.69, 9.17) is 0 Å². The Hall–Kier alpha value is -2.43. The molecule has 1 aromatic carbocycles. The van der Waals surface area contributed by atoms with Crippen LogP contribution in [0.15, 0.2) is 24.3 Å². The third-order valence-electron chi connectivity index (χ3n) is 4.11. The molecule has 4 nitrogen and oxygen atoms in total. The van der Waals surface area contributed by atoms with Gasteiger partial charge in [0.2, 0.25) is 0 Å². The van der Waals surface area contributed by atoms with E-state index in [2.05, 4.69) is 27.8 Å². The lowest BCUT2D eigenvalue weighted by molar-refractivity contribution is 0.0935. The number of amides is 1. The molecule has 0 bridgehead atoms. The zero-order valence-corrected chi connectivity index (χ0v) is 15.1. The van der Waals surface area contributed by atoms with E-state index in [0.717, 1.165) is 32.0 Å². The van der Waals surface area contributed by atoms with E-state index in [1.54, 1.807) is 13.1 Å². The first-order chi connectivity index (χ1) is 12.6. The molecule has 1 amide bonds. The lowest BCUT2D eigenvalue weighted by Crippen LogP contribution is -2.45. The minimum Gasteiger partial charge on any atom is -0.387 e. The number of benzene rings is 1. The van der Waals surface area contributed by atoms with Crippen LogP contribution in [-0.4, -0.2) is 32.1 Å². The number of carbonyl (C=O) groups is 1. The van der Waals surface area contributed by atoms with E-state index in [1.807, 2.05) is 0 Å². The van der Waals surface area contributed by atoms with E-state index in [-0.39, 0.29) is 17.5 Å². The summed E-state index contributed by atoms with van der Waals surface area (Å²) in [6.07, 6.45) is 1.98. The number of hydrogen-bond acceptors (Lipinski definition) is 4. The summed E-state index contributed by atoms with van der Waals surface area (Å²) >= 11 is 1.23. The van der Waals surface area contributed by atoms with Gasteiger partial charge in [0.1, 0.15) is 4.88 Å². The van der Waals surface area contributed by atoms with Crippen molar-refractivity contribution in [1.82, 2.24) is 10.6 Å². The van der Waals surface area contributed by atoms with Gasteiger partial charge in [-0.15, -0.1) is 11.3 Å². The number of piperidine rings is 1. The maximum atomic E-state index is 13.7. The Morgan fingerprint density at radius 2 is 2.19 bits per heavy atom. The molecular formula is C19H19F2N3OS. The number of halogens is 2. The Morgan fingerprint density at radius 3 is 2.92 bits per heavy atom. The monoisotopic (exact) mass is 375 g/mol. The van der Waals surface area contributed by atoms with Gasteiger partial charge in [-0.2, -0.15) is 0 Å². The molecule has 1 saturated heterocycles. The summed E-state index contributed by atoms with van der Waals surface area (Å²) in [4.78, 5) is 13.7. The van der Waals surface area contributed by atoms with E-state index in [9.17, 15) is 13.6 Å². The molecule has 1 fully saturated rings. The van der Waals surface area contributed by atoms with E-state index in [1.165, 1.54) is 23.5 Å². The highest BCUT2D eigenvalue weighted by atomic mass is 32.1. The molecule has 136 valence electrons. The van der Waals surface area contributed by atoms with Crippen molar-refractivity contribution in [2.24, 2.45) is 0 Å². The fourth-order valence-electron chi connectivity index (χ4n) is 2.76. The van der Waals surface area contributed by atoms with Gasteiger partial charge in [0, 0.05) is 19.6 Å². The molecule has 26 heavy (non-hydrogen) atoms. The molecule has 2 heterocycles. The lowest BCUT2D eigenvalue weighted by Gasteiger charge is -2.23. The van der Waals surface area contributed by atoms with Gasteiger partial charge in [-0.25, -0.2) is 8.78 Å². The van der Waals surface area contributed by atoms with Crippen molar-refractivity contribution in [1.29, 1.82) is 0 Å². The van der Waals surface area contributed by atoms with Crippen LogP contribution in [0, 0.1) is 23.5 Å². The first kappa shape index (κ1) is 18.4. The van der Waals surface area contributed by atoms with Crippen LogP contribution < -0.4 is 16.0 Å². The van der Waals surface area contributed by atoms with E-state index < -0.39 is 11.6 Å². The van der Waals surface area contributed by atoms with Gasteiger partial charge in [-0.3, -0.25) is 4.79 Å². The summed E-state index contributed by atoms with van der Waals surface area (Å²) in [5.41, 5.74) is 0.656. The molecule has 3 N–H and O–H groups in total. The number of nitrogens with one attached hydrogen (secondary N) is 3. The highest BCUT2D eigenvalue weighted by molar-refractivity contribution is 7.15. The molecule has 1 aromatic heterocycles. The highest BCUT2D eigenvalue weighted by Gasteiger charge is 2.20. The third-order valence-corrected chi connectivity index (χ3v) is 5.16. The van der Waals surface area contributed by atoms with Crippen molar-refractivity contribution in [3.8, 4) is 11.8 Å². The minimum atomic E-state index is -0.965. The molecule has 3 rings (SSSR count). The number of carbonyl (C=O) groups excluding carboxylic acids is 1. The fraction of sp³-hybridized carbons (Fsp3) is 0.316. The van der Waals surface area contributed by atoms with Crippen molar-refractivity contribution in [3.05, 3.63) is 51.2 Å². The summed E-state index contributed by atoms with van der Waals surface area (Å²) in [6.45, 7) is 1.74. The van der Waals surface area contributed by atoms with E-state index >= 15 is 0 Å². The van der Waals surface area contributed by atoms with Crippen molar-refractivity contribution >= 4 is 22.9 Å². The molecule has 1 aliphatic rings. The smallest absolute Gasteiger partial charge is 0.263 e. The van der Waals surface area contributed by atoms with Gasteiger partial charge in [0.25, 0.3) is 5.91 Å². The Labute approximate surface area is 155 Å². The summed E-state index contributed by atoms with van der Waals surface area (Å²) in [5, 5.41) is 9.27. The first-order valence-electron chi connectivity index (χ1n) is 8.37.